The van der Waals surface area contributed by atoms with Crippen molar-refractivity contribution in [1.82, 2.24) is 19.9 Å². The van der Waals surface area contributed by atoms with Gasteiger partial charge in [-0.3, -0.25) is 0 Å². The average molecular weight is 275 g/mol. The minimum atomic E-state index is 0.295. The molecule has 0 amide bonds. The summed E-state index contributed by atoms with van der Waals surface area (Å²) in [7, 11) is 0. The maximum Gasteiger partial charge on any atom is 0.134 e. The van der Waals surface area contributed by atoms with Crippen molar-refractivity contribution in [2.75, 3.05) is 11.9 Å². The van der Waals surface area contributed by atoms with Gasteiger partial charge in [-0.05, 0) is 24.8 Å². The Hall–Kier alpha value is -1.69. The van der Waals surface area contributed by atoms with Crippen molar-refractivity contribution in [2.24, 2.45) is 0 Å². The van der Waals surface area contributed by atoms with Crippen LogP contribution >= 0.6 is 11.8 Å². The summed E-state index contributed by atoms with van der Waals surface area (Å²) in [6.07, 6.45) is 3.27. The Kier molecular flexibility index (Phi) is 4.68. The second kappa shape index (κ2) is 6.47. The Morgan fingerprint density at radius 1 is 1.26 bits per heavy atom. The zero-order valence-electron chi connectivity index (χ0n) is 11.3. The van der Waals surface area contributed by atoms with E-state index in [-0.39, 0.29) is 0 Å². The first-order valence-corrected chi connectivity index (χ1v) is 7.07. The molecule has 0 bridgehead atoms. The van der Waals surface area contributed by atoms with E-state index in [1.165, 1.54) is 18.1 Å². The summed E-state index contributed by atoms with van der Waals surface area (Å²) in [5.41, 5.74) is 0. The molecule has 2 aromatic rings. The van der Waals surface area contributed by atoms with Crippen LogP contribution < -0.4 is 5.32 Å². The third kappa shape index (κ3) is 3.89. The highest BCUT2D eigenvalue weighted by Gasteiger charge is 2.09. The van der Waals surface area contributed by atoms with Crippen molar-refractivity contribution < 1.29 is 0 Å². The van der Waals surface area contributed by atoms with Crippen LogP contribution in [0.4, 0.5) is 5.82 Å². The molecule has 6 heteroatoms. The predicted octanol–water partition coefficient (Wildman–Crippen LogP) is 2.97. The normalized spacial score (nSPS) is 10.7. The van der Waals surface area contributed by atoms with Crippen LogP contribution in [0, 0.1) is 0 Å². The summed E-state index contributed by atoms with van der Waals surface area (Å²) in [6, 6.07) is 3.82. The molecule has 2 rings (SSSR count). The van der Waals surface area contributed by atoms with Crippen LogP contribution in [0.15, 0.2) is 34.7 Å². The maximum atomic E-state index is 4.56. The Balaban J connectivity index is 2.28. The van der Waals surface area contributed by atoms with Gasteiger partial charge in [0, 0.05) is 24.7 Å². The summed E-state index contributed by atoms with van der Waals surface area (Å²) in [5, 5.41) is 5.01. The van der Waals surface area contributed by atoms with E-state index in [1.54, 1.807) is 6.20 Å². The molecule has 0 saturated heterocycles. The number of hydrogen-bond donors (Lipinski definition) is 1. The minimum absolute atomic E-state index is 0.295. The molecular formula is C13H17N5S. The van der Waals surface area contributed by atoms with Crippen molar-refractivity contribution in [3.8, 4) is 0 Å². The van der Waals surface area contributed by atoms with E-state index >= 15 is 0 Å². The molecule has 0 spiro atoms. The molecular weight excluding hydrogens is 258 g/mol. The third-order valence-electron chi connectivity index (χ3n) is 2.36. The van der Waals surface area contributed by atoms with Crippen LogP contribution in [0.2, 0.25) is 0 Å². The quantitative estimate of drug-likeness (QED) is 0.846. The van der Waals surface area contributed by atoms with Crippen molar-refractivity contribution in [1.29, 1.82) is 0 Å². The average Bonchev–Trinajstić information content (AvgIpc) is 2.40. The number of hydrogen-bond acceptors (Lipinski definition) is 6. The first-order chi connectivity index (χ1) is 9.19. The molecule has 19 heavy (non-hydrogen) atoms. The zero-order valence-corrected chi connectivity index (χ0v) is 12.1. The van der Waals surface area contributed by atoms with Gasteiger partial charge < -0.3 is 5.32 Å². The first-order valence-electron chi connectivity index (χ1n) is 6.25. The zero-order chi connectivity index (χ0) is 13.7. The molecule has 2 heterocycles. The van der Waals surface area contributed by atoms with Gasteiger partial charge in [-0.25, -0.2) is 19.9 Å². The summed E-state index contributed by atoms with van der Waals surface area (Å²) < 4.78 is 0. The summed E-state index contributed by atoms with van der Waals surface area (Å²) in [5.74, 6) is 2.00. The highest BCUT2D eigenvalue weighted by atomic mass is 32.2. The molecule has 0 unspecified atom stereocenters. The predicted molar refractivity (Wildman–Crippen MR) is 76.4 cm³/mol. The molecule has 0 radical (unpaired) electrons. The maximum absolute atomic E-state index is 4.56. The molecule has 0 aliphatic carbocycles. The molecule has 0 fully saturated rings. The Morgan fingerprint density at radius 2 is 2.11 bits per heavy atom. The fourth-order valence-corrected chi connectivity index (χ4v) is 2.22. The van der Waals surface area contributed by atoms with Gasteiger partial charge in [0.1, 0.15) is 28.0 Å². The van der Waals surface area contributed by atoms with E-state index in [9.17, 15) is 0 Å². The lowest BCUT2D eigenvalue weighted by Gasteiger charge is -2.10. The van der Waals surface area contributed by atoms with Gasteiger partial charge in [0.2, 0.25) is 0 Å². The Morgan fingerprint density at radius 3 is 2.74 bits per heavy atom. The van der Waals surface area contributed by atoms with Crippen LogP contribution in [-0.2, 0) is 0 Å². The largest absolute Gasteiger partial charge is 0.370 e. The van der Waals surface area contributed by atoms with Crippen LogP contribution in [0.1, 0.15) is 32.5 Å². The first kappa shape index (κ1) is 13.7. The lowest BCUT2D eigenvalue weighted by atomic mass is 10.2. The SMILES string of the molecule is CCNc1cc(Sc2ccncn2)nc(C(C)C)n1. The molecule has 1 N–H and O–H groups in total. The van der Waals surface area contributed by atoms with Gasteiger partial charge in [0.05, 0.1) is 0 Å². The topological polar surface area (TPSA) is 63.6 Å². The molecule has 5 nitrogen and oxygen atoms in total. The van der Waals surface area contributed by atoms with Crippen molar-refractivity contribution in [3.05, 3.63) is 30.5 Å². The van der Waals surface area contributed by atoms with Crippen molar-refractivity contribution in [3.63, 3.8) is 0 Å². The number of rotatable bonds is 5. The smallest absolute Gasteiger partial charge is 0.134 e. The molecule has 2 aromatic heterocycles. The molecule has 0 saturated carbocycles. The summed E-state index contributed by atoms with van der Waals surface area (Å²) in [4.78, 5) is 17.2. The molecule has 0 aliphatic rings. The highest BCUT2D eigenvalue weighted by molar-refractivity contribution is 7.99. The number of nitrogens with one attached hydrogen (secondary N) is 1. The lowest BCUT2D eigenvalue weighted by molar-refractivity contribution is 0.754. The minimum Gasteiger partial charge on any atom is -0.370 e. The highest BCUT2D eigenvalue weighted by Crippen LogP contribution is 2.26. The molecule has 0 aliphatic heterocycles. The van der Waals surface area contributed by atoms with E-state index in [2.05, 4.69) is 39.1 Å². The van der Waals surface area contributed by atoms with Crippen LogP contribution in [0.3, 0.4) is 0 Å². The number of nitrogens with zero attached hydrogens (tertiary/aromatic N) is 4. The molecule has 100 valence electrons. The molecule has 0 aromatic carbocycles. The van der Waals surface area contributed by atoms with Gasteiger partial charge in [-0.15, -0.1) is 0 Å². The summed E-state index contributed by atoms with van der Waals surface area (Å²) in [6.45, 7) is 7.06. The van der Waals surface area contributed by atoms with Crippen molar-refractivity contribution in [2.45, 2.75) is 36.7 Å². The van der Waals surface area contributed by atoms with Gasteiger partial charge >= 0.3 is 0 Å². The van der Waals surface area contributed by atoms with Gasteiger partial charge in [-0.2, -0.15) is 0 Å². The van der Waals surface area contributed by atoms with E-state index in [0.29, 0.717) is 5.92 Å². The monoisotopic (exact) mass is 275 g/mol. The van der Waals surface area contributed by atoms with Gasteiger partial charge in [-0.1, -0.05) is 13.8 Å². The lowest BCUT2D eigenvalue weighted by Crippen LogP contribution is -2.05. The second-order valence-corrected chi connectivity index (χ2v) is 5.33. The fraction of sp³-hybridized carbons (Fsp3) is 0.385. The van der Waals surface area contributed by atoms with E-state index < -0.39 is 0 Å². The second-order valence-electron chi connectivity index (χ2n) is 4.28. The summed E-state index contributed by atoms with van der Waals surface area (Å²) >= 11 is 1.52. The van der Waals surface area contributed by atoms with E-state index in [4.69, 9.17) is 0 Å². The Labute approximate surface area is 117 Å². The van der Waals surface area contributed by atoms with Crippen LogP contribution in [0.5, 0.6) is 0 Å². The third-order valence-corrected chi connectivity index (χ3v) is 3.23. The Bertz CT molecular complexity index is 530. The number of anilines is 1. The molecule has 0 atom stereocenters. The van der Waals surface area contributed by atoms with E-state index in [1.807, 2.05) is 19.1 Å². The van der Waals surface area contributed by atoms with E-state index in [0.717, 1.165) is 28.2 Å². The fourth-order valence-electron chi connectivity index (χ4n) is 1.47. The van der Waals surface area contributed by atoms with Gasteiger partial charge in [0.25, 0.3) is 0 Å². The number of aromatic nitrogens is 4. The standard InChI is InChI=1S/C13H17N5S/c1-4-15-10-7-12(18-13(17-10)9(2)3)19-11-5-6-14-8-16-11/h5-9H,4H2,1-3H3,(H,15,17,18). The van der Waals surface area contributed by atoms with Crippen LogP contribution in [-0.4, -0.2) is 26.5 Å². The van der Waals surface area contributed by atoms with Crippen LogP contribution in [0.25, 0.3) is 0 Å². The van der Waals surface area contributed by atoms with Gasteiger partial charge in [0.15, 0.2) is 0 Å². The van der Waals surface area contributed by atoms with Crippen molar-refractivity contribution >= 4 is 17.6 Å².